The van der Waals surface area contributed by atoms with Gasteiger partial charge >= 0.3 is 6.09 Å². The van der Waals surface area contributed by atoms with Crippen LogP contribution >= 0.6 is 11.3 Å². The molecule has 0 atom stereocenters. The summed E-state index contributed by atoms with van der Waals surface area (Å²) in [6.07, 6.45) is 7.59. The molecule has 1 saturated carbocycles. The minimum absolute atomic E-state index is 0.0270. The lowest BCUT2D eigenvalue weighted by Crippen LogP contribution is -2.52. The van der Waals surface area contributed by atoms with E-state index in [1.54, 1.807) is 11.3 Å². The van der Waals surface area contributed by atoms with Crippen molar-refractivity contribution >= 4 is 34.2 Å². The second-order valence-corrected chi connectivity index (χ2v) is 13.0. The van der Waals surface area contributed by atoms with Crippen LogP contribution < -0.4 is 5.32 Å². The van der Waals surface area contributed by atoms with Gasteiger partial charge in [0.25, 0.3) is 0 Å². The van der Waals surface area contributed by atoms with Crippen LogP contribution in [-0.2, 0) is 22.6 Å². The molecule has 1 aromatic carbocycles. The first-order valence-electron chi connectivity index (χ1n) is 14.7. The van der Waals surface area contributed by atoms with E-state index in [0.29, 0.717) is 19.6 Å². The summed E-state index contributed by atoms with van der Waals surface area (Å²) in [5, 5.41) is 6.95. The molecule has 8 heteroatoms. The number of ether oxygens (including phenoxy) is 1. The van der Waals surface area contributed by atoms with Crippen LogP contribution in [0.4, 0.5) is 4.79 Å². The maximum absolute atomic E-state index is 13.3. The monoisotopic (exact) mass is 562 g/mol. The van der Waals surface area contributed by atoms with Crippen molar-refractivity contribution in [2.75, 3.05) is 26.2 Å². The highest BCUT2D eigenvalue weighted by Crippen LogP contribution is 2.34. The first-order valence-corrected chi connectivity index (χ1v) is 15.6. The van der Waals surface area contributed by atoms with Crippen LogP contribution in [0.1, 0.15) is 70.4 Å². The summed E-state index contributed by atoms with van der Waals surface area (Å²) in [6, 6.07) is 12.5. The van der Waals surface area contributed by atoms with Gasteiger partial charge in [-0.2, -0.15) is 0 Å². The van der Waals surface area contributed by atoms with Gasteiger partial charge in [-0.25, -0.2) is 9.78 Å². The number of para-hydroxylation sites is 1. The highest BCUT2D eigenvalue weighted by molar-refractivity contribution is 7.13. The van der Waals surface area contributed by atoms with Gasteiger partial charge in [-0.15, -0.1) is 11.3 Å². The molecule has 5 rings (SSSR count). The minimum atomic E-state index is -0.595. The normalized spacial score (nSPS) is 17.0. The molecule has 2 aliphatic rings. The van der Waals surface area contributed by atoms with Gasteiger partial charge in [0.15, 0.2) is 0 Å². The number of hydrogen-bond acceptors (Lipinski definition) is 6. The summed E-state index contributed by atoms with van der Waals surface area (Å²) in [5.74, 6) is 0.758. The Morgan fingerprint density at radius 2 is 1.88 bits per heavy atom. The Balaban J connectivity index is 1.39. The van der Waals surface area contributed by atoms with Crippen molar-refractivity contribution in [1.82, 2.24) is 20.1 Å². The smallest absolute Gasteiger partial charge is 0.410 e. The van der Waals surface area contributed by atoms with Crippen molar-refractivity contribution in [3.63, 3.8) is 0 Å². The fourth-order valence-corrected chi connectivity index (χ4v) is 6.59. The summed E-state index contributed by atoms with van der Waals surface area (Å²) < 4.78 is 5.51. The zero-order valence-corrected chi connectivity index (χ0v) is 24.9. The van der Waals surface area contributed by atoms with E-state index in [0.717, 1.165) is 46.0 Å². The van der Waals surface area contributed by atoms with Gasteiger partial charge in [0.2, 0.25) is 5.91 Å². The number of carbonyl (C=O) groups is 2. The van der Waals surface area contributed by atoms with Crippen molar-refractivity contribution in [2.24, 2.45) is 5.92 Å². The molecule has 0 radical (unpaired) electrons. The zero-order chi connectivity index (χ0) is 28.1. The summed E-state index contributed by atoms with van der Waals surface area (Å²) in [5.41, 5.74) is 3.62. The van der Waals surface area contributed by atoms with Crippen LogP contribution in [0.15, 0.2) is 41.8 Å². The van der Waals surface area contributed by atoms with Crippen molar-refractivity contribution in [3.8, 4) is 10.6 Å². The van der Waals surface area contributed by atoms with Gasteiger partial charge in [0, 0.05) is 37.1 Å². The number of hydrogen-bond donors (Lipinski definition) is 1. The average molecular weight is 563 g/mol. The van der Waals surface area contributed by atoms with Gasteiger partial charge in [-0.05, 0) is 62.7 Å². The Kier molecular flexibility index (Phi) is 9.06. The number of nitrogens with zero attached hydrogens (tertiary/aromatic N) is 3. The maximum Gasteiger partial charge on any atom is 0.410 e. The number of benzene rings is 1. The molecule has 7 nitrogen and oxygen atoms in total. The van der Waals surface area contributed by atoms with E-state index in [9.17, 15) is 9.59 Å². The van der Waals surface area contributed by atoms with E-state index in [4.69, 9.17) is 9.72 Å². The van der Waals surface area contributed by atoms with Crippen molar-refractivity contribution in [3.05, 3.63) is 52.9 Å². The number of carbonyl (C=O) groups excluding carboxylic acids is 2. The lowest BCUT2D eigenvalue weighted by molar-refractivity contribution is -0.136. The molecule has 2 fully saturated rings. The molecular weight excluding hydrogens is 520 g/mol. The Morgan fingerprint density at radius 1 is 1.07 bits per heavy atom. The molecule has 40 heavy (non-hydrogen) atoms. The standard InChI is InChI=1S/C32H42N4O3S/c1-32(2,3)39-31(38)36-18-17-35(29(37)22-36)21-26-25(20-33-16-15-23-10-5-4-6-11-23)24-12-7-8-13-27(24)34-30(26)28-14-9-19-40-28/h7-9,12-14,19,23,33H,4-6,10-11,15-18,20-22H2,1-3H3. The molecule has 0 bridgehead atoms. The van der Waals surface area contributed by atoms with Gasteiger partial charge < -0.3 is 15.0 Å². The van der Waals surface area contributed by atoms with E-state index in [-0.39, 0.29) is 12.5 Å². The predicted molar refractivity (Wildman–Crippen MR) is 161 cm³/mol. The molecule has 1 aliphatic heterocycles. The van der Waals surface area contributed by atoms with E-state index < -0.39 is 11.7 Å². The van der Waals surface area contributed by atoms with Crippen LogP contribution in [0.2, 0.25) is 0 Å². The number of amides is 2. The molecule has 3 heterocycles. The van der Waals surface area contributed by atoms with Crippen LogP contribution in [-0.4, -0.2) is 58.6 Å². The second-order valence-electron chi connectivity index (χ2n) is 12.1. The molecule has 1 aliphatic carbocycles. The first kappa shape index (κ1) is 28.6. The van der Waals surface area contributed by atoms with Crippen molar-refractivity contribution < 1.29 is 14.3 Å². The SMILES string of the molecule is CC(C)(C)OC(=O)N1CCN(Cc2c(-c3cccs3)nc3ccccc3c2CNCCC2CCCCC2)C(=O)C1. The summed E-state index contributed by atoms with van der Waals surface area (Å²) in [6.45, 7) is 8.64. The molecule has 0 spiro atoms. The molecule has 1 N–H and O–H groups in total. The number of aromatic nitrogens is 1. The van der Waals surface area contributed by atoms with Gasteiger partial charge in [-0.1, -0.05) is 56.4 Å². The largest absolute Gasteiger partial charge is 0.444 e. The van der Waals surface area contributed by atoms with Crippen LogP contribution in [0, 0.1) is 5.92 Å². The average Bonchev–Trinajstić information content (AvgIpc) is 3.47. The molecule has 0 unspecified atom stereocenters. The van der Waals surface area contributed by atoms with Gasteiger partial charge in [0.05, 0.1) is 16.1 Å². The third-order valence-electron chi connectivity index (χ3n) is 7.94. The molecule has 1 saturated heterocycles. The summed E-state index contributed by atoms with van der Waals surface area (Å²) in [4.78, 5) is 35.5. The fraction of sp³-hybridized carbons (Fsp3) is 0.531. The molecule has 214 valence electrons. The van der Waals surface area contributed by atoms with Crippen LogP contribution in [0.25, 0.3) is 21.5 Å². The summed E-state index contributed by atoms with van der Waals surface area (Å²) >= 11 is 1.67. The lowest BCUT2D eigenvalue weighted by atomic mass is 9.87. The van der Waals surface area contributed by atoms with E-state index >= 15 is 0 Å². The Labute approximate surface area is 241 Å². The zero-order valence-electron chi connectivity index (χ0n) is 24.1. The quantitative estimate of drug-likeness (QED) is 0.313. The maximum atomic E-state index is 13.3. The predicted octanol–water partition coefficient (Wildman–Crippen LogP) is 6.60. The highest BCUT2D eigenvalue weighted by Gasteiger charge is 2.31. The number of nitrogens with one attached hydrogen (secondary N) is 1. The number of pyridine rings is 1. The van der Waals surface area contributed by atoms with Crippen molar-refractivity contribution in [1.29, 1.82) is 0 Å². The Morgan fingerprint density at radius 3 is 2.60 bits per heavy atom. The molecular formula is C32H42N4O3S. The van der Waals surface area contributed by atoms with Crippen LogP contribution in [0.3, 0.4) is 0 Å². The second kappa shape index (κ2) is 12.7. The first-order chi connectivity index (χ1) is 19.3. The highest BCUT2D eigenvalue weighted by atomic mass is 32.1. The third kappa shape index (κ3) is 7.02. The van der Waals surface area contributed by atoms with E-state index in [1.807, 2.05) is 37.8 Å². The number of thiophene rings is 1. The van der Waals surface area contributed by atoms with E-state index in [2.05, 4.69) is 35.0 Å². The van der Waals surface area contributed by atoms with E-state index in [1.165, 1.54) is 49.0 Å². The van der Waals surface area contributed by atoms with Gasteiger partial charge in [0.1, 0.15) is 12.1 Å². The summed E-state index contributed by atoms with van der Waals surface area (Å²) in [7, 11) is 0. The number of piperazine rings is 1. The minimum Gasteiger partial charge on any atom is -0.444 e. The molecule has 2 aromatic heterocycles. The Hall–Kier alpha value is -2.97. The third-order valence-corrected chi connectivity index (χ3v) is 8.82. The fourth-order valence-electron chi connectivity index (χ4n) is 5.85. The van der Waals surface area contributed by atoms with Gasteiger partial charge in [-0.3, -0.25) is 9.69 Å². The number of rotatable bonds is 8. The van der Waals surface area contributed by atoms with Crippen molar-refractivity contribution in [2.45, 2.75) is 78.0 Å². The number of fused-ring (bicyclic) bond motifs is 1. The molecule has 3 aromatic rings. The lowest BCUT2D eigenvalue weighted by Gasteiger charge is -2.35. The Bertz CT molecular complexity index is 1310. The topological polar surface area (TPSA) is 74.8 Å². The molecule has 2 amide bonds. The van der Waals surface area contributed by atoms with Crippen LogP contribution in [0.5, 0.6) is 0 Å².